The van der Waals surface area contributed by atoms with Gasteiger partial charge in [0.25, 0.3) is 0 Å². The minimum atomic E-state index is -0.319. The Kier molecular flexibility index (Phi) is 7.68. The fraction of sp³-hybridized carbons (Fsp3) is 0.389. The monoisotopic (exact) mass is 379 g/mol. The highest BCUT2D eigenvalue weighted by atomic mass is 32.1. The molecule has 1 heterocycles. The number of benzene rings is 1. The van der Waals surface area contributed by atoms with Gasteiger partial charge >= 0.3 is 5.97 Å². The first-order valence-electron chi connectivity index (χ1n) is 8.27. The summed E-state index contributed by atoms with van der Waals surface area (Å²) in [6.45, 7) is 6.25. The predicted octanol–water partition coefficient (Wildman–Crippen LogP) is 3.76. The second-order valence-corrected chi connectivity index (χ2v) is 6.56. The van der Waals surface area contributed by atoms with E-state index < -0.39 is 0 Å². The van der Waals surface area contributed by atoms with Gasteiger partial charge in [0, 0.05) is 10.9 Å². The lowest BCUT2D eigenvalue weighted by molar-refractivity contribution is -0.142. The van der Waals surface area contributed by atoms with Gasteiger partial charge < -0.3 is 9.47 Å². The fourth-order valence-corrected chi connectivity index (χ4v) is 2.70. The van der Waals surface area contributed by atoms with Gasteiger partial charge in [0.1, 0.15) is 5.82 Å². The molecule has 0 aliphatic rings. The number of hydrogen-bond acceptors (Lipinski definition) is 7. The lowest BCUT2D eigenvalue weighted by Crippen LogP contribution is -2.07. The lowest BCUT2D eigenvalue weighted by Gasteiger charge is -2.10. The van der Waals surface area contributed by atoms with Crippen LogP contribution < -0.4 is 5.43 Å². The number of anilines is 1. The molecule has 140 valence electrons. The van der Waals surface area contributed by atoms with Gasteiger partial charge in [-0.05, 0) is 38.5 Å². The van der Waals surface area contributed by atoms with E-state index in [9.17, 15) is 9.18 Å². The van der Waals surface area contributed by atoms with Crippen LogP contribution in [0.15, 0.2) is 28.7 Å². The molecular formula is C18H22FN3O3S. The van der Waals surface area contributed by atoms with Gasteiger partial charge in [-0.3, -0.25) is 10.2 Å². The Labute approximate surface area is 156 Å². The molecule has 0 bridgehead atoms. The van der Waals surface area contributed by atoms with E-state index in [2.05, 4.69) is 15.5 Å². The maximum absolute atomic E-state index is 13.5. The summed E-state index contributed by atoms with van der Waals surface area (Å²) in [4.78, 5) is 15.7. The van der Waals surface area contributed by atoms with Crippen LogP contribution in [0, 0.1) is 5.82 Å². The fourth-order valence-electron chi connectivity index (χ4n) is 2.04. The van der Waals surface area contributed by atoms with Crippen molar-refractivity contribution in [2.24, 2.45) is 5.10 Å². The van der Waals surface area contributed by atoms with Crippen LogP contribution >= 0.6 is 11.3 Å². The van der Waals surface area contributed by atoms with Crippen LogP contribution in [0.2, 0.25) is 0 Å². The Balaban J connectivity index is 1.98. The van der Waals surface area contributed by atoms with Gasteiger partial charge in [0.05, 0.1) is 37.6 Å². The van der Waals surface area contributed by atoms with Crippen molar-refractivity contribution >= 4 is 28.7 Å². The van der Waals surface area contributed by atoms with Crippen molar-refractivity contribution < 1.29 is 18.7 Å². The first-order valence-corrected chi connectivity index (χ1v) is 9.15. The van der Waals surface area contributed by atoms with Crippen LogP contribution in [0.1, 0.15) is 37.6 Å². The minimum Gasteiger partial charge on any atom is -0.466 e. The van der Waals surface area contributed by atoms with E-state index in [4.69, 9.17) is 9.47 Å². The number of hydrazone groups is 1. The molecule has 0 radical (unpaired) electrons. The highest BCUT2D eigenvalue weighted by Gasteiger charge is 2.08. The minimum absolute atomic E-state index is 0.0503. The van der Waals surface area contributed by atoms with Crippen LogP contribution in [0.25, 0.3) is 0 Å². The first kappa shape index (κ1) is 20.0. The number of hydrogen-bond donors (Lipinski definition) is 1. The molecule has 6 nitrogen and oxygen atoms in total. The molecule has 0 unspecified atom stereocenters. The van der Waals surface area contributed by atoms with Crippen molar-refractivity contribution in [2.45, 2.75) is 39.9 Å². The van der Waals surface area contributed by atoms with Crippen molar-refractivity contribution in [3.8, 4) is 0 Å². The Hall–Kier alpha value is -2.32. The summed E-state index contributed by atoms with van der Waals surface area (Å²) in [6, 6.07) is 4.46. The third-order valence-corrected chi connectivity index (χ3v) is 4.02. The predicted molar refractivity (Wildman–Crippen MR) is 100.0 cm³/mol. The van der Waals surface area contributed by atoms with Crippen molar-refractivity contribution in [2.75, 3.05) is 12.0 Å². The number of ether oxygens (including phenoxy) is 2. The summed E-state index contributed by atoms with van der Waals surface area (Å²) in [6.07, 6.45) is 1.77. The molecule has 1 aromatic carbocycles. The van der Waals surface area contributed by atoms with Crippen LogP contribution in [0.5, 0.6) is 0 Å². The van der Waals surface area contributed by atoms with E-state index >= 15 is 0 Å². The number of esters is 1. The molecule has 1 N–H and O–H groups in total. The molecule has 8 heteroatoms. The third-order valence-electron chi connectivity index (χ3n) is 3.22. The van der Waals surface area contributed by atoms with Gasteiger partial charge in [0.2, 0.25) is 5.13 Å². The zero-order valence-electron chi connectivity index (χ0n) is 15.0. The van der Waals surface area contributed by atoms with Crippen LogP contribution in [0.4, 0.5) is 9.52 Å². The van der Waals surface area contributed by atoms with Crippen molar-refractivity contribution in [1.82, 2.24) is 4.98 Å². The molecule has 0 aliphatic carbocycles. The van der Waals surface area contributed by atoms with Crippen molar-refractivity contribution in [1.29, 1.82) is 0 Å². The van der Waals surface area contributed by atoms with Gasteiger partial charge in [-0.15, -0.1) is 11.3 Å². The van der Waals surface area contributed by atoms with E-state index in [0.29, 0.717) is 29.6 Å². The SMILES string of the molecule is CCOC(=O)Cc1csc(NN=Cc2ccc(F)cc2COC(C)C)n1. The molecule has 2 aromatic rings. The lowest BCUT2D eigenvalue weighted by atomic mass is 10.1. The summed E-state index contributed by atoms with van der Waals surface area (Å²) in [5, 5.41) is 6.47. The second kappa shape index (κ2) is 9.98. The molecule has 0 spiro atoms. The first-order chi connectivity index (χ1) is 12.5. The molecule has 2 rings (SSSR count). The van der Waals surface area contributed by atoms with Crippen LogP contribution in [-0.2, 0) is 27.3 Å². The average Bonchev–Trinajstić information content (AvgIpc) is 3.02. The van der Waals surface area contributed by atoms with Gasteiger partial charge in [-0.25, -0.2) is 9.37 Å². The number of thiazole rings is 1. The van der Waals surface area contributed by atoms with E-state index in [-0.39, 0.29) is 24.3 Å². The summed E-state index contributed by atoms with van der Waals surface area (Å²) >= 11 is 1.34. The summed E-state index contributed by atoms with van der Waals surface area (Å²) in [7, 11) is 0. The molecule has 0 amide bonds. The molecule has 0 atom stereocenters. The Morgan fingerprint density at radius 2 is 2.27 bits per heavy atom. The second-order valence-electron chi connectivity index (χ2n) is 5.70. The van der Waals surface area contributed by atoms with Crippen LogP contribution in [0.3, 0.4) is 0 Å². The molecule has 1 aromatic heterocycles. The smallest absolute Gasteiger partial charge is 0.311 e. The van der Waals surface area contributed by atoms with Crippen molar-refractivity contribution in [3.63, 3.8) is 0 Å². The summed E-state index contributed by atoms with van der Waals surface area (Å²) in [5.74, 6) is -0.630. The Morgan fingerprint density at radius 3 is 3.00 bits per heavy atom. The number of nitrogens with one attached hydrogen (secondary N) is 1. The van der Waals surface area contributed by atoms with E-state index in [1.807, 2.05) is 13.8 Å². The number of rotatable bonds is 9. The third kappa shape index (κ3) is 6.53. The summed E-state index contributed by atoms with van der Waals surface area (Å²) < 4.78 is 23.9. The quantitative estimate of drug-likeness (QED) is 0.408. The normalized spacial score (nSPS) is 11.3. The number of nitrogens with zero attached hydrogens (tertiary/aromatic N) is 2. The van der Waals surface area contributed by atoms with Gasteiger partial charge in [-0.2, -0.15) is 5.10 Å². The zero-order chi connectivity index (χ0) is 18.9. The van der Waals surface area contributed by atoms with E-state index in [1.54, 1.807) is 24.6 Å². The maximum atomic E-state index is 13.5. The van der Waals surface area contributed by atoms with E-state index in [0.717, 1.165) is 5.56 Å². The topological polar surface area (TPSA) is 72.8 Å². The average molecular weight is 379 g/mol. The van der Waals surface area contributed by atoms with Crippen LogP contribution in [-0.4, -0.2) is 29.9 Å². The maximum Gasteiger partial charge on any atom is 0.311 e. The largest absolute Gasteiger partial charge is 0.466 e. The van der Waals surface area contributed by atoms with E-state index in [1.165, 1.54) is 23.5 Å². The molecule has 0 fully saturated rings. The highest BCUT2D eigenvalue weighted by Crippen LogP contribution is 2.17. The zero-order valence-corrected chi connectivity index (χ0v) is 15.8. The molecule has 0 aliphatic heterocycles. The Morgan fingerprint density at radius 1 is 1.46 bits per heavy atom. The number of carbonyl (C=O) groups excluding carboxylic acids is 1. The molecule has 0 saturated heterocycles. The highest BCUT2D eigenvalue weighted by molar-refractivity contribution is 7.13. The Bertz CT molecular complexity index is 762. The van der Waals surface area contributed by atoms with Gasteiger partial charge in [-0.1, -0.05) is 6.07 Å². The number of carbonyl (C=O) groups is 1. The molecular weight excluding hydrogens is 357 g/mol. The van der Waals surface area contributed by atoms with Gasteiger partial charge in [0.15, 0.2) is 0 Å². The number of aromatic nitrogens is 1. The summed E-state index contributed by atoms with van der Waals surface area (Å²) in [5.41, 5.74) is 4.91. The molecule has 0 saturated carbocycles. The molecule has 26 heavy (non-hydrogen) atoms. The number of halogens is 1. The van der Waals surface area contributed by atoms with Crippen molar-refractivity contribution in [3.05, 3.63) is 46.2 Å². The standard InChI is InChI=1S/C18H22FN3O3S/c1-4-24-17(23)8-16-11-26-18(21-16)22-20-9-13-5-6-15(19)7-14(13)10-25-12(2)3/h5-7,9,11-12H,4,8,10H2,1-3H3,(H,21,22).